The molecule has 1 unspecified atom stereocenters. The van der Waals surface area contributed by atoms with Crippen LogP contribution in [0.2, 0.25) is 0 Å². The zero-order chi connectivity index (χ0) is 23.2. The standard InChI is InChI=1S/C23H34N2O6/c1-5-6-12-19(15-17(2)3)21(26)25(23(28)24-29)20(22(27)31-14-13-30-4)16-18-10-8-7-9-11-18/h5,7-11,17,19-20,29H,1,6,12-16H2,2-4H3,(H,24,28)/t19?,20-/m0/s1. The first kappa shape index (κ1) is 26.3. The van der Waals surface area contributed by atoms with Crippen LogP contribution in [0.5, 0.6) is 0 Å². The number of methoxy groups -OCH3 is 1. The predicted molar refractivity (Wildman–Crippen MR) is 116 cm³/mol. The summed E-state index contributed by atoms with van der Waals surface area (Å²) in [6.07, 6.45) is 3.35. The van der Waals surface area contributed by atoms with E-state index in [2.05, 4.69) is 6.58 Å². The van der Waals surface area contributed by atoms with Crippen molar-refractivity contribution in [1.82, 2.24) is 10.4 Å². The highest BCUT2D eigenvalue weighted by atomic mass is 16.6. The first-order valence-corrected chi connectivity index (χ1v) is 10.4. The Morgan fingerprint density at radius 2 is 1.87 bits per heavy atom. The minimum absolute atomic E-state index is 0.0186. The summed E-state index contributed by atoms with van der Waals surface area (Å²) in [4.78, 5) is 39.7. The number of carbonyl (C=O) groups excluding carboxylic acids is 3. The summed E-state index contributed by atoms with van der Waals surface area (Å²) in [6, 6.07) is 6.70. The molecule has 1 aromatic carbocycles. The van der Waals surface area contributed by atoms with Crippen LogP contribution in [0, 0.1) is 11.8 Å². The van der Waals surface area contributed by atoms with Crippen molar-refractivity contribution in [2.75, 3.05) is 20.3 Å². The number of rotatable bonds is 13. The number of nitrogens with zero attached hydrogens (tertiary/aromatic N) is 1. The van der Waals surface area contributed by atoms with Crippen LogP contribution in [0.15, 0.2) is 43.0 Å². The number of esters is 1. The lowest BCUT2D eigenvalue weighted by Crippen LogP contribution is -2.55. The van der Waals surface area contributed by atoms with Crippen LogP contribution in [0.4, 0.5) is 4.79 Å². The zero-order valence-electron chi connectivity index (χ0n) is 18.6. The van der Waals surface area contributed by atoms with Gasteiger partial charge in [-0.25, -0.2) is 20.0 Å². The maximum Gasteiger partial charge on any atom is 0.348 e. The van der Waals surface area contributed by atoms with Gasteiger partial charge in [0.25, 0.3) is 0 Å². The lowest BCUT2D eigenvalue weighted by atomic mass is 9.90. The van der Waals surface area contributed by atoms with E-state index in [0.717, 1.165) is 10.5 Å². The van der Waals surface area contributed by atoms with E-state index in [9.17, 15) is 19.6 Å². The van der Waals surface area contributed by atoms with Crippen LogP contribution < -0.4 is 5.48 Å². The molecule has 8 nitrogen and oxygen atoms in total. The summed E-state index contributed by atoms with van der Waals surface area (Å²) in [7, 11) is 1.47. The number of hydrogen-bond donors (Lipinski definition) is 2. The molecule has 0 spiro atoms. The third kappa shape index (κ3) is 8.90. The van der Waals surface area contributed by atoms with Crippen LogP contribution >= 0.6 is 0 Å². The van der Waals surface area contributed by atoms with Crippen molar-refractivity contribution in [3.05, 3.63) is 48.6 Å². The van der Waals surface area contributed by atoms with Gasteiger partial charge in [0.15, 0.2) is 0 Å². The van der Waals surface area contributed by atoms with Crippen molar-refractivity contribution in [2.45, 2.75) is 45.6 Å². The monoisotopic (exact) mass is 434 g/mol. The molecule has 3 amide bonds. The van der Waals surface area contributed by atoms with Gasteiger partial charge >= 0.3 is 12.0 Å². The molecule has 0 aromatic heterocycles. The molecule has 31 heavy (non-hydrogen) atoms. The molecule has 0 aliphatic rings. The van der Waals surface area contributed by atoms with E-state index in [-0.39, 0.29) is 25.6 Å². The van der Waals surface area contributed by atoms with E-state index in [0.29, 0.717) is 19.3 Å². The second-order valence-corrected chi connectivity index (χ2v) is 7.68. The SMILES string of the molecule is C=CCCC(CC(C)C)C(=O)N(C(=O)NO)[C@@H](Cc1ccccc1)C(=O)OCCOC. The van der Waals surface area contributed by atoms with Gasteiger partial charge in [-0.05, 0) is 30.7 Å². The number of hydroxylamine groups is 1. The Morgan fingerprint density at radius 3 is 2.42 bits per heavy atom. The fourth-order valence-electron chi connectivity index (χ4n) is 3.32. The topological polar surface area (TPSA) is 105 Å². The first-order chi connectivity index (χ1) is 14.8. The Bertz CT molecular complexity index is 707. The second-order valence-electron chi connectivity index (χ2n) is 7.68. The Morgan fingerprint density at radius 1 is 1.19 bits per heavy atom. The number of hydrogen-bond acceptors (Lipinski definition) is 6. The number of urea groups is 1. The van der Waals surface area contributed by atoms with E-state index in [4.69, 9.17) is 9.47 Å². The fourth-order valence-corrected chi connectivity index (χ4v) is 3.32. The van der Waals surface area contributed by atoms with E-state index in [1.54, 1.807) is 30.3 Å². The Kier molecular flexibility index (Phi) is 12.2. The van der Waals surface area contributed by atoms with Gasteiger partial charge in [0.1, 0.15) is 12.6 Å². The summed E-state index contributed by atoms with van der Waals surface area (Å²) in [5, 5.41) is 9.32. The molecule has 0 aliphatic heterocycles. The van der Waals surface area contributed by atoms with E-state index in [1.165, 1.54) is 12.6 Å². The van der Waals surface area contributed by atoms with Crippen LogP contribution in [0.3, 0.4) is 0 Å². The molecule has 0 heterocycles. The van der Waals surface area contributed by atoms with Crippen LogP contribution in [-0.2, 0) is 25.5 Å². The highest BCUT2D eigenvalue weighted by Gasteiger charge is 2.39. The van der Waals surface area contributed by atoms with Gasteiger partial charge in [-0.15, -0.1) is 6.58 Å². The van der Waals surface area contributed by atoms with Gasteiger partial charge < -0.3 is 9.47 Å². The lowest BCUT2D eigenvalue weighted by molar-refractivity contribution is -0.155. The molecule has 0 bridgehead atoms. The number of imide groups is 1. The van der Waals surface area contributed by atoms with Gasteiger partial charge in [0.05, 0.1) is 6.61 Å². The third-order valence-corrected chi connectivity index (χ3v) is 4.76. The average molecular weight is 435 g/mol. The molecule has 172 valence electrons. The molecule has 1 rings (SSSR count). The largest absolute Gasteiger partial charge is 0.462 e. The van der Waals surface area contributed by atoms with Gasteiger partial charge in [0.2, 0.25) is 5.91 Å². The Labute approximate surface area is 184 Å². The summed E-state index contributed by atoms with van der Waals surface area (Å²) < 4.78 is 10.2. The molecule has 0 fully saturated rings. The van der Waals surface area contributed by atoms with Crippen molar-refractivity contribution in [3.63, 3.8) is 0 Å². The minimum Gasteiger partial charge on any atom is -0.462 e. The summed E-state index contributed by atoms with van der Waals surface area (Å²) >= 11 is 0. The number of ether oxygens (including phenoxy) is 2. The zero-order valence-corrected chi connectivity index (χ0v) is 18.6. The number of allylic oxidation sites excluding steroid dienone is 1. The van der Waals surface area contributed by atoms with Crippen molar-refractivity contribution in [3.8, 4) is 0 Å². The molecule has 2 atom stereocenters. The number of amides is 3. The third-order valence-electron chi connectivity index (χ3n) is 4.76. The Balaban J connectivity index is 3.29. The molecule has 0 saturated heterocycles. The molecule has 0 saturated carbocycles. The number of nitrogens with one attached hydrogen (secondary N) is 1. The van der Waals surface area contributed by atoms with E-state index < -0.39 is 29.9 Å². The van der Waals surface area contributed by atoms with Crippen molar-refractivity contribution in [2.24, 2.45) is 11.8 Å². The average Bonchev–Trinajstić information content (AvgIpc) is 2.76. The van der Waals surface area contributed by atoms with E-state index in [1.807, 2.05) is 19.9 Å². The lowest BCUT2D eigenvalue weighted by Gasteiger charge is -2.31. The first-order valence-electron chi connectivity index (χ1n) is 10.4. The molecule has 0 aliphatic carbocycles. The summed E-state index contributed by atoms with van der Waals surface area (Å²) in [6.45, 7) is 7.81. The predicted octanol–water partition coefficient (Wildman–Crippen LogP) is 3.34. The Hall–Kier alpha value is -2.71. The molecular formula is C23H34N2O6. The minimum atomic E-state index is -1.24. The van der Waals surface area contributed by atoms with Crippen molar-refractivity contribution >= 4 is 17.9 Å². The van der Waals surface area contributed by atoms with Crippen LogP contribution in [0.1, 0.15) is 38.7 Å². The molecule has 8 heteroatoms. The molecular weight excluding hydrogens is 400 g/mol. The van der Waals surface area contributed by atoms with Crippen LogP contribution in [0.25, 0.3) is 0 Å². The summed E-state index contributed by atoms with van der Waals surface area (Å²) in [5.41, 5.74) is 2.25. The molecule has 1 aromatic rings. The van der Waals surface area contributed by atoms with E-state index >= 15 is 0 Å². The second kappa shape index (κ2) is 14.3. The highest BCUT2D eigenvalue weighted by molar-refractivity contribution is 5.99. The smallest absolute Gasteiger partial charge is 0.348 e. The molecule has 0 radical (unpaired) electrons. The fraction of sp³-hybridized carbons (Fsp3) is 0.522. The van der Waals surface area contributed by atoms with Crippen molar-refractivity contribution < 1.29 is 29.1 Å². The molecule has 2 N–H and O–H groups in total. The quantitative estimate of drug-likeness (QED) is 0.162. The maximum absolute atomic E-state index is 13.4. The normalized spacial score (nSPS) is 12.7. The summed E-state index contributed by atoms with van der Waals surface area (Å²) in [5.74, 6) is -1.60. The van der Waals surface area contributed by atoms with Gasteiger partial charge in [-0.3, -0.25) is 10.0 Å². The van der Waals surface area contributed by atoms with Crippen LogP contribution in [-0.4, -0.2) is 54.4 Å². The van der Waals surface area contributed by atoms with Crippen molar-refractivity contribution in [1.29, 1.82) is 0 Å². The maximum atomic E-state index is 13.4. The highest BCUT2D eigenvalue weighted by Crippen LogP contribution is 2.23. The van der Waals surface area contributed by atoms with Gasteiger partial charge in [-0.1, -0.05) is 50.3 Å². The van der Waals surface area contributed by atoms with Gasteiger partial charge in [-0.2, -0.15) is 0 Å². The van der Waals surface area contributed by atoms with Gasteiger partial charge in [0, 0.05) is 19.4 Å². The number of carbonyl (C=O) groups is 3. The number of benzene rings is 1.